The van der Waals surface area contributed by atoms with E-state index in [0.717, 1.165) is 0 Å². The van der Waals surface area contributed by atoms with Gasteiger partial charge in [-0.15, -0.1) is 0 Å². The SMILES string of the molecule is O=C1CCC(C(=O)Nc2c(F)c(F)c(F)c(F)c2F)=NN1. The molecule has 10 heteroatoms. The van der Waals surface area contributed by atoms with Crippen molar-refractivity contribution >= 4 is 23.2 Å². The number of benzene rings is 1. The summed E-state index contributed by atoms with van der Waals surface area (Å²) >= 11 is 0. The third-order valence-corrected chi connectivity index (χ3v) is 2.61. The molecule has 1 aliphatic heterocycles. The number of carbonyl (C=O) groups is 2. The number of anilines is 1. The molecule has 1 aromatic rings. The van der Waals surface area contributed by atoms with Gasteiger partial charge < -0.3 is 5.32 Å². The minimum absolute atomic E-state index is 0.0939. The summed E-state index contributed by atoms with van der Waals surface area (Å²) in [7, 11) is 0. The molecule has 0 saturated heterocycles. The van der Waals surface area contributed by atoms with E-state index in [-0.39, 0.29) is 18.6 Å². The third kappa shape index (κ3) is 2.69. The summed E-state index contributed by atoms with van der Waals surface area (Å²) in [6.45, 7) is 0. The van der Waals surface area contributed by atoms with E-state index in [1.807, 2.05) is 5.43 Å². The minimum atomic E-state index is -2.33. The molecular weight excluding hydrogens is 301 g/mol. The molecule has 0 spiro atoms. The van der Waals surface area contributed by atoms with Gasteiger partial charge in [0.1, 0.15) is 11.4 Å². The number of hydrogen-bond acceptors (Lipinski definition) is 3. The number of carbonyl (C=O) groups excluding carboxylic acids is 2. The molecule has 5 nitrogen and oxygen atoms in total. The lowest BCUT2D eigenvalue weighted by Crippen LogP contribution is -2.33. The number of hydrazone groups is 1. The highest BCUT2D eigenvalue weighted by molar-refractivity contribution is 6.43. The van der Waals surface area contributed by atoms with Crippen LogP contribution in [0.5, 0.6) is 0 Å². The van der Waals surface area contributed by atoms with Gasteiger partial charge in [-0.25, -0.2) is 27.4 Å². The number of hydrogen-bond donors (Lipinski definition) is 2. The topological polar surface area (TPSA) is 70.6 Å². The van der Waals surface area contributed by atoms with Crippen molar-refractivity contribution in [1.29, 1.82) is 0 Å². The number of nitrogens with zero attached hydrogens (tertiary/aromatic N) is 1. The van der Waals surface area contributed by atoms with Gasteiger partial charge in [0.2, 0.25) is 11.7 Å². The van der Waals surface area contributed by atoms with Gasteiger partial charge in [-0.2, -0.15) is 5.10 Å². The molecular formula is C11H6F5N3O2. The predicted molar refractivity (Wildman–Crippen MR) is 59.7 cm³/mol. The Labute approximate surface area is 113 Å². The van der Waals surface area contributed by atoms with Crippen LogP contribution in [0.2, 0.25) is 0 Å². The Morgan fingerprint density at radius 2 is 1.48 bits per heavy atom. The van der Waals surface area contributed by atoms with Gasteiger partial charge in [-0.05, 0) is 0 Å². The molecule has 1 aliphatic rings. The van der Waals surface area contributed by atoms with E-state index in [1.54, 1.807) is 5.32 Å². The largest absolute Gasteiger partial charge is 0.316 e. The fraction of sp³-hybridized carbons (Fsp3) is 0.182. The summed E-state index contributed by atoms with van der Waals surface area (Å²) in [5.74, 6) is -12.7. The molecule has 0 unspecified atom stereocenters. The highest BCUT2D eigenvalue weighted by Gasteiger charge is 2.28. The van der Waals surface area contributed by atoms with E-state index in [2.05, 4.69) is 5.10 Å². The van der Waals surface area contributed by atoms with Gasteiger partial charge in [0, 0.05) is 12.8 Å². The maximum Gasteiger partial charge on any atom is 0.272 e. The third-order valence-electron chi connectivity index (χ3n) is 2.61. The zero-order valence-electron chi connectivity index (χ0n) is 10.1. The van der Waals surface area contributed by atoms with Gasteiger partial charge in [-0.3, -0.25) is 9.59 Å². The summed E-state index contributed by atoms with van der Waals surface area (Å²) in [4.78, 5) is 22.4. The highest BCUT2D eigenvalue weighted by atomic mass is 19.2. The lowest BCUT2D eigenvalue weighted by atomic mass is 10.1. The maximum atomic E-state index is 13.3. The van der Waals surface area contributed by atoms with Crippen molar-refractivity contribution in [2.75, 3.05) is 5.32 Å². The molecule has 21 heavy (non-hydrogen) atoms. The first-order valence-corrected chi connectivity index (χ1v) is 5.51. The molecule has 0 aliphatic carbocycles. The quantitative estimate of drug-likeness (QED) is 0.495. The zero-order chi connectivity index (χ0) is 15.7. The van der Waals surface area contributed by atoms with Crippen molar-refractivity contribution in [1.82, 2.24) is 5.43 Å². The number of amides is 2. The summed E-state index contributed by atoms with van der Waals surface area (Å²) < 4.78 is 65.4. The van der Waals surface area contributed by atoms with Crippen molar-refractivity contribution in [2.45, 2.75) is 12.8 Å². The summed E-state index contributed by atoms with van der Waals surface area (Å²) in [6, 6.07) is 0. The maximum absolute atomic E-state index is 13.3. The lowest BCUT2D eigenvalue weighted by Gasteiger charge is -2.13. The Kier molecular flexibility index (Phi) is 3.87. The van der Waals surface area contributed by atoms with Crippen LogP contribution in [0.15, 0.2) is 5.10 Å². The van der Waals surface area contributed by atoms with E-state index in [4.69, 9.17) is 0 Å². The van der Waals surface area contributed by atoms with Crippen LogP contribution in [-0.2, 0) is 9.59 Å². The molecule has 0 bridgehead atoms. The molecule has 0 fully saturated rings. The van der Waals surface area contributed by atoms with E-state index in [0.29, 0.717) is 0 Å². The second-order valence-electron chi connectivity index (χ2n) is 3.99. The van der Waals surface area contributed by atoms with Crippen LogP contribution in [0, 0.1) is 29.1 Å². The van der Waals surface area contributed by atoms with Crippen LogP contribution in [0.4, 0.5) is 27.6 Å². The molecule has 0 atom stereocenters. The van der Waals surface area contributed by atoms with Crippen molar-refractivity contribution in [2.24, 2.45) is 5.10 Å². The van der Waals surface area contributed by atoms with Gasteiger partial charge in [0.05, 0.1) is 0 Å². The monoisotopic (exact) mass is 307 g/mol. The number of rotatable bonds is 2. The number of halogens is 5. The second kappa shape index (κ2) is 5.46. The highest BCUT2D eigenvalue weighted by Crippen LogP contribution is 2.27. The fourth-order valence-electron chi connectivity index (χ4n) is 1.54. The standard InChI is InChI=1S/C11H6F5N3O2/c12-5-6(13)8(15)10(9(16)7(5)14)17-11(21)3-1-2-4(20)19-18-3/h1-2H2,(H,17,21)(H,19,20). The fourth-order valence-corrected chi connectivity index (χ4v) is 1.54. The van der Waals surface area contributed by atoms with Crippen LogP contribution in [0.1, 0.15) is 12.8 Å². The number of nitrogens with one attached hydrogen (secondary N) is 2. The van der Waals surface area contributed by atoms with Crippen molar-refractivity contribution in [3.63, 3.8) is 0 Å². The second-order valence-corrected chi connectivity index (χ2v) is 3.99. The molecule has 112 valence electrons. The first kappa shape index (κ1) is 14.9. The van der Waals surface area contributed by atoms with Crippen LogP contribution < -0.4 is 10.7 Å². The normalized spacial score (nSPS) is 14.5. The molecule has 0 saturated carbocycles. The molecule has 1 heterocycles. The smallest absolute Gasteiger partial charge is 0.272 e. The minimum Gasteiger partial charge on any atom is -0.316 e. The van der Waals surface area contributed by atoms with Gasteiger partial charge in [0.15, 0.2) is 23.3 Å². The Morgan fingerprint density at radius 1 is 0.952 bits per heavy atom. The summed E-state index contributed by atoms with van der Waals surface area (Å²) in [5, 5.41) is 4.88. The van der Waals surface area contributed by atoms with E-state index < -0.39 is 46.6 Å². The predicted octanol–water partition coefficient (Wildman–Crippen LogP) is 1.59. The van der Waals surface area contributed by atoms with Crippen LogP contribution in [0.25, 0.3) is 0 Å². The van der Waals surface area contributed by atoms with E-state index >= 15 is 0 Å². The molecule has 2 N–H and O–H groups in total. The Hall–Kier alpha value is -2.52. The molecule has 2 rings (SSSR count). The van der Waals surface area contributed by atoms with E-state index in [1.165, 1.54) is 0 Å². The zero-order valence-corrected chi connectivity index (χ0v) is 10.1. The van der Waals surface area contributed by atoms with E-state index in [9.17, 15) is 31.5 Å². The summed E-state index contributed by atoms with van der Waals surface area (Å²) in [6.07, 6.45) is -0.226. The Balaban J connectivity index is 2.32. The average molecular weight is 307 g/mol. The molecule has 0 aromatic heterocycles. The first-order chi connectivity index (χ1) is 9.82. The first-order valence-electron chi connectivity index (χ1n) is 5.51. The Morgan fingerprint density at radius 3 is 1.95 bits per heavy atom. The van der Waals surface area contributed by atoms with Crippen LogP contribution in [0.3, 0.4) is 0 Å². The lowest BCUT2D eigenvalue weighted by molar-refractivity contribution is -0.121. The molecule has 1 aromatic carbocycles. The van der Waals surface area contributed by atoms with Crippen LogP contribution >= 0.6 is 0 Å². The van der Waals surface area contributed by atoms with Crippen LogP contribution in [-0.4, -0.2) is 17.5 Å². The van der Waals surface area contributed by atoms with Gasteiger partial charge in [0.25, 0.3) is 5.91 Å². The summed E-state index contributed by atoms with van der Waals surface area (Å²) in [5.41, 5.74) is 0.170. The Bertz CT molecular complexity index is 645. The van der Waals surface area contributed by atoms with Crippen molar-refractivity contribution < 1.29 is 31.5 Å². The van der Waals surface area contributed by atoms with Gasteiger partial charge in [-0.1, -0.05) is 0 Å². The van der Waals surface area contributed by atoms with Crippen molar-refractivity contribution in [3.8, 4) is 0 Å². The van der Waals surface area contributed by atoms with Gasteiger partial charge >= 0.3 is 0 Å². The van der Waals surface area contributed by atoms with Crippen molar-refractivity contribution in [3.05, 3.63) is 29.1 Å². The average Bonchev–Trinajstić information content (AvgIpc) is 2.48. The molecule has 2 amide bonds. The molecule has 0 radical (unpaired) electrons.